The Morgan fingerprint density at radius 2 is 1.80 bits per heavy atom. The molecule has 1 saturated heterocycles. The van der Waals surface area contributed by atoms with Gasteiger partial charge in [0.15, 0.2) is 0 Å². The lowest BCUT2D eigenvalue weighted by atomic mass is 9.87. The molecule has 4 heteroatoms. The van der Waals surface area contributed by atoms with Crippen molar-refractivity contribution in [2.24, 2.45) is 0 Å². The Bertz CT molecular complexity index is 690. The van der Waals surface area contributed by atoms with E-state index < -0.39 is 5.60 Å². The molecule has 132 valence electrons. The minimum absolute atomic E-state index is 0.189. The van der Waals surface area contributed by atoms with Crippen molar-refractivity contribution in [2.75, 3.05) is 26.4 Å². The molecule has 1 atom stereocenters. The van der Waals surface area contributed by atoms with Gasteiger partial charge in [-0.25, -0.2) is 4.79 Å². The molecule has 1 aliphatic rings. The van der Waals surface area contributed by atoms with E-state index in [1.807, 2.05) is 36.4 Å². The van der Waals surface area contributed by atoms with Crippen molar-refractivity contribution in [2.45, 2.75) is 25.4 Å². The van der Waals surface area contributed by atoms with Crippen molar-refractivity contribution < 1.29 is 19.0 Å². The molecule has 0 bridgehead atoms. The molecule has 0 radical (unpaired) electrons. The van der Waals surface area contributed by atoms with Crippen LogP contribution in [0.5, 0.6) is 0 Å². The van der Waals surface area contributed by atoms with Crippen LogP contribution >= 0.6 is 0 Å². The van der Waals surface area contributed by atoms with Crippen molar-refractivity contribution in [3.8, 4) is 0 Å². The van der Waals surface area contributed by atoms with E-state index in [4.69, 9.17) is 14.2 Å². The maximum Gasteiger partial charge on any atom is 0.345 e. The highest BCUT2D eigenvalue weighted by molar-refractivity contribution is 5.82. The molecule has 0 amide bonds. The molecule has 0 saturated carbocycles. The quantitative estimate of drug-likeness (QED) is 0.757. The van der Waals surface area contributed by atoms with Crippen LogP contribution in [0, 0.1) is 0 Å². The van der Waals surface area contributed by atoms with Crippen molar-refractivity contribution in [1.29, 1.82) is 0 Å². The van der Waals surface area contributed by atoms with E-state index in [-0.39, 0.29) is 12.6 Å². The van der Waals surface area contributed by atoms with E-state index in [0.29, 0.717) is 19.8 Å². The molecule has 3 rings (SSSR count). The number of ether oxygens (including phenoxy) is 3. The molecule has 1 unspecified atom stereocenters. The van der Waals surface area contributed by atoms with Crippen molar-refractivity contribution in [3.05, 3.63) is 71.3 Å². The zero-order valence-electron chi connectivity index (χ0n) is 14.6. The van der Waals surface area contributed by atoms with E-state index in [2.05, 4.69) is 18.2 Å². The van der Waals surface area contributed by atoms with E-state index in [1.54, 1.807) is 6.92 Å². The number of hydrogen-bond acceptors (Lipinski definition) is 4. The molecule has 4 nitrogen and oxygen atoms in total. The van der Waals surface area contributed by atoms with Crippen molar-refractivity contribution in [1.82, 2.24) is 0 Å². The Morgan fingerprint density at radius 3 is 2.52 bits per heavy atom. The average molecular weight is 340 g/mol. The van der Waals surface area contributed by atoms with Crippen molar-refractivity contribution in [3.63, 3.8) is 0 Å². The highest BCUT2D eigenvalue weighted by Gasteiger charge is 2.46. The number of rotatable bonds is 6. The minimum atomic E-state index is -1.17. The first-order valence-electron chi connectivity index (χ1n) is 8.77. The maximum absolute atomic E-state index is 12.7. The first-order valence-corrected chi connectivity index (χ1v) is 8.77. The Hall–Kier alpha value is -2.17. The van der Waals surface area contributed by atoms with Gasteiger partial charge in [-0.3, -0.25) is 0 Å². The predicted octanol–water partition coefficient (Wildman–Crippen LogP) is 3.28. The molecular weight excluding hydrogens is 316 g/mol. The van der Waals surface area contributed by atoms with Crippen LogP contribution in [-0.4, -0.2) is 32.4 Å². The van der Waals surface area contributed by atoms with Gasteiger partial charge in [-0.1, -0.05) is 54.6 Å². The number of esters is 1. The van der Waals surface area contributed by atoms with Gasteiger partial charge in [-0.05, 0) is 30.9 Å². The van der Waals surface area contributed by atoms with Crippen LogP contribution in [0.15, 0.2) is 54.6 Å². The smallest absolute Gasteiger partial charge is 0.345 e. The Balaban J connectivity index is 1.90. The molecule has 1 heterocycles. The lowest BCUT2D eigenvalue weighted by Crippen LogP contribution is -2.48. The first-order chi connectivity index (χ1) is 12.3. The molecule has 0 aromatic heterocycles. The summed E-state index contributed by atoms with van der Waals surface area (Å²) in [5.74, 6) is -0.373. The number of benzene rings is 2. The van der Waals surface area contributed by atoms with Crippen LogP contribution in [0.1, 0.15) is 23.6 Å². The zero-order valence-corrected chi connectivity index (χ0v) is 14.6. The summed E-state index contributed by atoms with van der Waals surface area (Å²) in [6.45, 7) is 3.18. The Labute approximate surface area is 148 Å². The Kier molecular flexibility index (Phi) is 5.84. The number of carbonyl (C=O) groups is 1. The summed E-state index contributed by atoms with van der Waals surface area (Å²) in [5, 5.41) is 0. The third-order valence-corrected chi connectivity index (χ3v) is 4.46. The molecule has 2 aromatic carbocycles. The fourth-order valence-corrected chi connectivity index (χ4v) is 3.22. The van der Waals surface area contributed by atoms with Crippen LogP contribution in [0.3, 0.4) is 0 Å². The summed E-state index contributed by atoms with van der Waals surface area (Å²) in [6, 6.07) is 18.3. The molecular formula is C21H24O4. The van der Waals surface area contributed by atoms with Gasteiger partial charge in [-0.15, -0.1) is 0 Å². The van der Waals surface area contributed by atoms with E-state index in [9.17, 15) is 4.79 Å². The fraction of sp³-hybridized carbons (Fsp3) is 0.381. The third-order valence-electron chi connectivity index (χ3n) is 4.46. The van der Waals surface area contributed by atoms with Gasteiger partial charge in [0, 0.05) is 5.56 Å². The summed E-state index contributed by atoms with van der Waals surface area (Å²) in [4.78, 5) is 12.7. The fourth-order valence-electron chi connectivity index (χ4n) is 3.22. The monoisotopic (exact) mass is 340 g/mol. The first kappa shape index (κ1) is 17.6. The molecule has 1 aliphatic heterocycles. The molecule has 2 aromatic rings. The predicted molar refractivity (Wildman–Crippen MR) is 95.4 cm³/mol. The summed E-state index contributed by atoms with van der Waals surface area (Å²) in [6.07, 6.45) is 1.72. The zero-order chi connectivity index (χ0) is 17.5. The van der Waals surface area contributed by atoms with Crippen LogP contribution in [-0.2, 0) is 37.4 Å². The van der Waals surface area contributed by atoms with E-state index >= 15 is 0 Å². The molecule has 1 fully saturated rings. The van der Waals surface area contributed by atoms with Gasteiger partial charge >= 0.3 is 5.97 Å². The van der Waals surface area contributed by atoms with Gasteiger partial charge in [-0.2, -0.15) is 0 Å². The third kappa shape index (κ3) is 3.91. The van der Waals surface area contributed by atoms with Crippen LogP contribution in [0.2, 0.25) is 0 Å². The average Bonchev–Trinajstić information content (AvgIpc) is 2.68. The van der Waals surface area contributed by atoms with Gasteiger partial charge < -0.3 is 14.2 Å². The minimum Gasteiger partial charge on any atom is -0.464 e. The van der Waals surface area contributed by atoms with Crippen LogP contribution in [0.25, 0.3) is 0 Å². The van der Waals surface area contributed by atoms with Crippen LogP contribution < -0.4 is 0 Å². The maximum atomic E-state index is 12.7. The number of hydrogen-bond donors (Lipinski definition) is 0. The highest BCUT2D eigenvalue weighted by Crippen LogP contribution is 2.33. The largest absolute Gasteiger partial charge is 0.464 e. The highest BCUT2D eigenvalue weighted by atomic mass is 16.6. The second-order valence-corrected chi connectivity index (χ2v) is 6.09. The normalized spacial score (nSPS) is 20.2. The summed E-state index contributed by atoms with van der Waals surface area (Å²) >= 11 is 0. The summed E-state index contributed by atoms with van der Waals surface area (Å²) in [7, 11) is 0. The summed E-state index contributed by atoms with van der Waals surface area (Å²) in [5.41, 5.74) is 2.04. The van der Waals surface area contributed by atoms with Gasteiger partial charge in [0.25, 0.3) is 0 Å². The van der Waals surface area contributed by atoms with E-state index in [1.165, 1.54) is 5.56 Å². The SMILES string of the molecule is CCOC(=O)C1(c2ccccc2CCc2ccccc2)COCCO1. The standard InChI is InChI=1S/C21H24O4/c1-2-24-20(22)21(16-23-14-15-25-21)19-11-7-6-10-18(19)13-12-17-8-4-3-5-9-17/h3-11H,2,12-16H2,1H3. The molecule has 0 N–H and O–H groups in total. The lowest BCUT2D eigenvalue weighted by Gasteiger charge is -2.36. The van der Waals surface area contributed by atoms with Gasteiger partial charge in [0.1, 0.15) is 0 Å². The number of aryl methyl sites for hydroxylation is 2. The van der Waals surface area contributed by atoms with Crippen molar-refractivity contribution >= 4 is 5.97 Å². The number of carbonyl (C=O) groups excluding carboxylic acids is 1. The summed E-state index contributed by atoms with van der Waals surface area (Å²) < 4.78 is 16.9. The lowest BCUT2D eigenvalue weighted by molar-refractivity contribution is -0.202. The Morgan fingerprint density at radius 1 is 1.04 bits per heavy atom. The van der Waals surface area contributed by atoms with Gasteiger partial charge in [0.2, 0.25) is 5.60 Å². The second-order valence-electron chi connectivity index (χ2n) is 6.09. The molecule has 0 aliphatic carbocycles. The molecule has 0 spiro atoms. The van der Waals surface area contributed by atoms with E-state index in [0.717, 1.165) is 24.0 Å². The topological polar surface area (TPSA) is 44.8 Å². The second kappa shape index (κ2) is 8.28. The van der Waals surface area contributed by atoms with Crippen LogP contribution in [0.4, 0.5) is 0 Å². The van der Waals surface area contributed by atoms with Gasteiger partial charge in [0.05, 0.1) is 26.4 Å². The molecule has 25 heavy (non-hydrogen) atoms.